The van der Waals surface area contributed by atoms with Crippen LogP contribution in [0.25, 0.3) is 0 Å². The summed E-state index contributed by atoms with van der Waals surface area (Å²) in [4.78, 5) is 2.05. The molecule has 0 aliphatic carbocycles. The van der Waals surface area contributed by atoms with Gasteiger partial charge in [0, 0.05) is 0 Å². The second-order valence-electron chi connectivity index (χ2n) is 2.88. The van der Waals surface area contributed by atoms with Crippen LogP contribution in [0.1, 0.15) is 27.7 Å². The van der Waals surface area contributed by atoms with Gasteiger partial charge in [-0.05, 0) is 19.0 Å². The van der Waals surface area contributed by atoms with E-state index in [2.05, 4.69) is 13.8 Å². The molecule has 10 heavy (non-hydrogen) atoms. The molecular weight excluding hydrogens is 126 g/mol. The normalized spacial score (nSPS) is 14.7. The lowest BCUT2D eigenvalue weighted by Gasteiger charge is -2.27. The van der Waals surface area contributed by atoms with Crippen molar-refractivity contribution in [2.45, 2.75) is 33.9 Å². The van der Waals surface area contributed by atoms with Crippen molar-refractivity contribution >= 4 is 0 Å². The highest BCUT2D eigenvalue weighted by atomic mass is 16.3. The van der Waals surface area contributed by atoms with Gasteiger partial charge in [-0.1, -0.05) is 27.7 Å². The third-order valence-electron chi connectivity index (χ3n) is 1.78. The Morgan fingerprint density at radius 3 is 1.70 bits per heavy atom. The molecule has 0 bridgehead atoms. The smallest absolute Gasteiger partial charge is 0.109 e. The Morgan fingerprint density at radius 1 is 1.20 bits per heavy atom. The van der Waals surface area contributed by atoms with Crippen molar-refractivity contribution < 1.29 is 5.11 Å². The van der Waals surface area contributed by atoms with Crippen LogP contribution < -0.4 is 0 Å². The maximum Gasteiger partial charge on any atom is 0.109 e. The molecule has 0 aliphatic heterocycles. The Hall–Kier alpha value is -0.0800. The first-order valence-corrected chi connectivity index (χ1v) is 4.05. The molecule has 0 rings (SSSR count). The first kappa shape index (κ1) is 9.92. The molecule has 1 unspecified atom stereocenters. The number of rotatable bonds is 4. The summed E-state index contributed by atoms with van der Waals surface area (Å²) in [7, 11) is 0. The summed E-state index contributed by atoms with van der Waals surface area (Å²) in [5.41, 5.74) is 0. The molecular formula is C8H19NO. The van der Waals surface area contributed by atoms with Crippen LogP contribution in [0.3, 0.4) is 0 Å². The number of aliphatic hydroxyl groups is 1. The number of hydrogen-bond donors (Lipinski definition) is 1. The lowest BCUT2D eigenvalue weighted by atomic mass is 10.1. The van der Waals surface area contributed by atoms with Gasteiger partial charge in [-0.3, -0.25) is 4.90 Å². The number of nitrogens with zero attached hydrogens (tertiary/aromatic N) is 1. The molecule has 0 heterocycles. The van der Waals surface area contributed by atoms with Crippen molar-refractivity contribution in [2.24, 2.45) is 5.92 Å². The fraction of sp³-hybridized carbons (Fsp3) is 1.00. The van der Waals surface area contributed by atoms with Gasteiger partial charge in [-0.25, -0.2) is 0 Å². The van der Waals surface area contributed by atoms with Crippen molar-refractivity contribution in [3.05, 3.63) is 0 Å². The van der Waals surface area contributed by atoms with Crippen LogP contribution in [-0.4, -0.2) is 29.3 Å². The van der Waals surface area contributed by atoms with Gasteiger partial charge >= 0.3 is 0 Å². The monoisotopic (exact) mass is 145 g/mol. The lowest BCUT2D eigenvalue weighted by molar-refractivity contribution is -0.0235. The second kappa shape index (κ2) is 4.69. The highest BCUT2D eigenvalue weighted by Crippen LogP contribution is 2.05. The highest BCUT2D eigenvalue weighted by molar-refractivity contribution is 4.60. The summed E-state index contributed by atoms with van der Waals surface area (Å²) >= 11 is 0. The minimum Gasteiger partial charge on any atom is -0.378 e. The van der Waals surface area contributed by atoms with Gasteiger partial charge < -0.3 is 5.11 Å². The Bertz CT molecular complexity index is 79.3. The van der Waals surface area contributed by atoms with E-state index in [-0.39, 0.29) is 6.23 Å². The third-order valence-corrected chi connectivity index (χ3v) is 1.78. The number of aliphatic hydroxyl groups excluding tert-OH is 1. The number of hydrogen-bond acceptors (Lipinski definition) is 2. The standard InChI is InChI=1S/C8H19NO/c1-5-9(6-2)8(10)7(3)4/h7-8,10H,5-6H2,1-4H3. The molecule has 0 aliphatic rings. The fourth-order valence-corrected chi connectivity index (χ4v) is 1.02. The largest absolute Gasteiger partial charge is 0.378 e. The van der Waals surface area contributed by atoms with Gasteiger partial charge in [0.25, 0.3) is 0 Å². The van der Waals surface area contributed by atoms with Crippen LogP contribution in [0.5, 0.6) is 0 Å². The molecule has 0 spiro atoms. The molecule has 0 saturated heterocycles. The summed E-state index contributed by atoms with van der Waals surface area (Å²) in [5, 5.41) is 9.51. The van der Waals surface area contributed by atoms with Gasteiger partial charge in [-0.15, -0.1) is 0 Å². The Morgan fingerprint density at radius 2 is 1.60 bits per heavy atom. The summed E-state index contributed by atoms with van der Waals surface area (Å²) in [6.07, 6.45) is -0.269. The van der Waals surface area contributed by atoms with Crippen molar-refractivity contribution in [3.8, 4) is 0 Å². The maximum absolute atomic E-state index is 9.51. The van der Waals surface area contributed by atoms with E-state index in [0.29, 0.717) is 5.92 Å². The summed E-state index contributed by atoms with van der Waals surface area (Å²) in [6, 6.07) is 0. The summed E-state index contributed by atoms with van der Waals surface area (Å²) in [6.45, 7) is 10.0. The van der Waals surface area contributed by atoms with Crippen LogP contribution in [0.15, 0.2) is 0 Å². The van der Waals surface area contributed by atoms with E-state index >= 15 is 0 Å². The quantitative estimate of drug-likeness (QED) is 0.603. The van der Waals surface area contributed by atoms with E-state index < -0.39 is 0 Å². The van der Waals surface area contributed by atoms with E-state index in [1.807, 2.05) is 18.7 Å². The van der Waals surface area contributed by atoms with Gasteiger partial charge in [0.2, 0.25) is 0 Å². The molecule has 0 aromatic carbocycles. The predicted molar refractivity (Wildman–Crippen MR) is 43.8 cm³/mol. The third kappa shape index (κ3) is 2.67. The van der Waals surface area contributed by atoms with Crippen LogP contribution in [0.4, 0.5) is 0 Å². The van der Waals surface area contributed by atoms with Gasteiger partial charge in [0.15, 0.2) is 0 Å². The zero-order valence-electron chi connectivity index (χ0n) is 7.46. The molecule has 0 saturated carbocycles. The van der Waals surface area contributed by atoms with E-state index in [0.717, 1.165) is 13.1 Å². The zero-order chi connectivity index (χ0) is 8.15. The lowest BCUT2D eigenvalue weighted by Crippen LogP contribution is -2.38. The molecule has 0 radical (unpaired) electrons. The van der Waals surface area contributed by atoms with E-state index in [1.165, 1.54) is 0 Å². The minimum absolute atomic E-state index is 0.269. The van der Waals surface area contributed by atoms with Crippen LogP contribution in [0, 0.1) is 5.92 Å². The Labute approximate surface area is 63.8 Å². The SMILES string of the molecule is CCN(CC)C(O)C(C)C. The average Bonchev–Trinajstić information content (AvgIpc) is 1.90. The molecule has 0 aromatic heterocycles. The van der Waals surface area contributed by atoms with Crippen LogP contribution >= 0.6 is 0 Å². The topological polar surface area (TPSA) is 23.5 Å². The Kier molecular flexibility index (Phi) is 4.65. The Balaban J connectivity index is 3.76. The van der Waals surface area contributed by atoms with Gasteiger partial charge in [0.1, 0.15) is 6.23 Å². The van der Waals surface area contributed by atoms with Crippen LogP contribution in [0.2, 0.25) is 0 Å². The van der Waals surface area contributed by atoms with Gasteiger partial charge in [0.05, 0.1) is 0 Å². The maximum atomic E-state index is 9.51. The summed E-state index contributed by atoms with van der Waals surface area (Å²) < 4.78 is 0. The highest BCUT2D eigenvalue weighted by Gasteiger charge is 2.14. The van der Waals surface area contributed by atoms with E-state index in [9.17, 15) is 5.11 Å². The van der Waals surface area contributed by atoms with E-state index in [4.69, 9.17) is 0 Å². The molecule has 62 valence electrons. The van der Waals surface area contributed by atoms with Crippen molar-refractivity contribution in [1.29, 1.82) is 0 Å². The molecule has 1 atom stereocenters. The first-order chi connectivity index (χ1) is 4.63. The zero-order valence-corrected chi connectivity index (χ0v) is 7.46. The second-order valence-corrected chi connectivity index (χ2v) is 2.88. The van der Waals surface area contributed by atoms with Crippen molar-refractivity contribution in [3.63, 3.8) is 0 Å². The fourth-order valence-electron chi connectivity index (χ4n) is 1.02. The van der Waals surface area contributed by atoms with Crippen molar-refractivity contribution in [1.82, 2.24) is 4.90 Å². The average molecular weight is 145 g/mol. The molecule has 0 fully saturated rings. The van der Waals surface area contributed by atoms with E-state index in [1.54, 1.807) is 0 Å². The molecule has 2 heteroatoms. The minimum atomic E-state index is -0.269. The predicted octanol–water partition coefficient (Wildman–Crippen LogP) is 1.30. The molecule has 0 amide bonds. The van der Waals surface area contributed by atoms with Gasteiger partial charge in [-0.2, -0.15) is 0 Å². The molecule has 1 N–H and O–H groups in total. The molecule has 0 aromatic rings. The first-order valence-electron chi connectivity index (χ1n) is 4.05. The molecule has 2 nitrogen and oxygen atoms in total. The van der Waals surface area contributed by atoms with Crippen molar-refractivity contribution in [2.75, 3.05) is 13.1 Å². The summed E-state index contributed by atoms with van der Waals surface area (Å²) in [5.74, 6) is 0.333. The van der Waals surface area contributed by atoms with Crippen LogP contribution in [-0.2, 0) is 0 Å².